The molecule has 0 aromatic heterocycles. The first-order valence-corrected chi connectivity index (χ1v) is 11.4. The number of hydrogen-bond acceptors (Lipinski definition) is 6. The molecule has 1 saturated carbocycles. The first-order chi connectivity index (χ1) is 15.1. The Balaban J connectivity index is 0.00000204. The Bertz CT molecular complexity index is 930. The second-order valence-electron chi connectivity index (χ2n) is 9.66. The molecule has 3 fully saturated rings. The number of aliphatic carboxylic acids is 1. The molecular weight excluding hydrogens is 487 g/mol. The van der Waals surface area contributed by atoms with Crippen LogP contribution in [0.3, 0.4) is 0 Å². The van der Waals surface area contributed by atoms with Crippen LogP contribution in [0.5, 0.6) is 0 Å². The van der Waals surface area contributed by atoms with Crippen molar-refractivity contribution in [2.75, 3.05) is 26.2 Å². The smallest absolute Gasteiger partial charge is 1.00 e. The first-order valence-electron chi connectivity index (χ1n) is 11.4. The Morgan fingerprint density at radius 2 is 1.94 bits per heavy atom. The number of carboxylic acids is 1. The number of carbonyl (C=O) groups excluding carboxylic acids is 2. The zero-order valence-corrected chi connectivity index (χ0v) is 24.0. The van der Waals surface area contributed by atoms with E-state index in [0.717, 1.165) is 13.1 Å². The number of nitrogens with one attached hydrogen (secondary N) is 1. The molecule has 0 radical (unpaired) electrons. The van der Waals surface area contributed by atoms with Crippen LogP contribution in [-0.2, 0) is 19.1 Å². The number of esters is 1. The van der Waals surface area contributed by atoms with Gasteiger partial charge in [0.25, 0.3) is 0 Å². The average Bonchev–Trinajstić information content (AvgIpc) is 2.89. The minimum absolute atomic E-state index is 0. The van der Waals surface area contributed by atoms with E-state index in [2.05, 4.69) is 5.32 Å². The molecule has 1 amide bonds. The number of aliphatic hydroxyl groups is 1. The second-order valence-corrected chi connectivity index (χ2v) is 9.66. The fourth-order valence-corrected chi connectivity index (χ4v) is 5.96. The molecule has 2 aliphatic carbocycles. The van der Waals surface area contributed by atoms with Crippen LogP contribution in [0.15, 0.2) is 35.5 Å². The summed E-state index contributed by atoms with van der Waals surface area (Å²) in [6, 6.07) is 0. The number of cyclic esters (lactones) is 1. The zero-order valence-electron chi connectivity index (χ0n) is 20.1. The van der Waals surface area contributed by atoms with Gasteiger partial charge in [-0.15, -0.1) is 0 Å². The van der Waals surface area contributed by atoms with E-state index in [1.807, 2.05) is 11.0 Å². The predicted octanol–water partition coefficient (Wildman–Crippen LogP) is -4.43. The summed E-state index contributed by atoms with van der Waals surface area (Å²) in [6.07, 6.45) is 8.74. The van der Waals surface area contributed by atoms with Crippen LogP contribution in [-0.4, -0.2) is 70.3 Å². The van der Waals surface area contributed by atoms with Crippen LogP contribution in [0.25, 0.3) is 0 Å². The Morgan fingerprint density at radius 1 is 1.26 bits per heavy atom. The minimum atomic E-state index is -1.28. The third-order valence-corrected chi connectivity index (χ3v) is 7.92. The first kappa shape index (κ1) is 29.7. The van der Waals surface area contributed by atoms with Crippen molar-refractivity contribution in [3.05, 3.63) is 35.5 Å². The summed E-state index contributed by atoms with van der Waals surface area (Å²) in [7, 11) is 0. The van der Waals surface area contributed by atoms with E-state index in [-0.39, 0.29) is 81.2 Å². The largest absolute Gasteiger partial charge is 1.00 e. The van der Waals surface area contributed by atoms with Gasteiger partial charge in [-0.3, -0.25) is 9.59 Å². The molecule has 2 bridgehead atoms. The van der Waals surface area contributed by atoms with Gasteiger partial charge in [-0.1, -0.05) is 18.2 Å². The van der Waals surface area contributed by atoms with Crippen molar-refractivity contribution in [3.8, 4) is 0 Å². The molecule has 4 atom stereocenters. The predicted molar refractivity (Wildman–Crippen MR) is 117 cm³/mol. The van der Waals surface area contributed by atoms with Crippen molar-refractivity contribution in [3.63, 3.8) is 0 Å². The van der Waals surface area contributed by atoms with Crippen LogP contribution in [0, 0.1) is 11.3 Å². The number of hydrogen-bond donors (Lipinski definition) is 3. The molecule has 0 aromatic carbocycles. The quantitative estimate of drug-likeness (QED) is 0.149. The number of allylic oxidation sites excluding steroid dienone is 3. The Labute approximate surface area is 249 Å². The maximum Gasteiger partial charge on any atom is 1.00 e. The van der Waals surface area contributed by atoms with Crippen LogP contribution in [0.1, 0.15) is 46.0 Å². The number of carbonyl (C=O) groups is 3. The molecular formula is C24H32ClKN2O6. The number of amides is 1. The third kappa shape index (κ3) is 5.00. The van der Waals surface area contributed by atoms with Gasteiger partial charge in [0.05, 0.1) is 5.60 Å². The van der Waals surface area contributed by atoms with Gasteiger partial charge in [-0.25, -0.2) is 4.79 Å². The fourth-order valence-electron chi connectivity index (χ4n) is 5.96. The van der Waals surface area contributed by atoms with Crippen molar-refractivity contribution < 1.29 is 93.1 Å². The van der Waals surface area contributed by atoms with Crippen LogP contribution < -0.4 is 69.1 Å². The van der Waals surface area contributed by atoms with E-state index in [0.29, 0.717) is 50.8 Å². The van der Waals surface area contributed by atoms with Gasteiger partial charge >= 0.3 is 63.3 Å². The van der Waals surface area contributed by atoms with Gasteiger partial charge in [-0.2, -0.15) is 0 Å². The van der Waals surface area contributed by atoms with Gasteiger partial charge < -0.3 is 37.6 Å². The van der Waals surface area contributed by atoms with Crippen LogP contribution in [0.2, 0.25) is 0 Å². The molecule has 8 nitrogen and oxygen atoms in total. The number of ether oxygens (including phenoxy) is 1. The minimum Gasteiger partial charge on any atom is -1.00 e. The summed E-state index contributed by atoms with van der Waals surface area (Å²) in [6.45, 7) is 6.10. The SMILES string of the molecule is C/C(=C\C=C\[C@@]1(C)OC(=O)[C@]23CC=C(C(=O)N4CCNCC4)CC[C@]2(O)[C@H]1CC3)C(=O)O.[Cl-].[K+]. The fraction of sp³-hybridized carbons (Fsp3) is 0.625. The maximum atomic E-state index is 13.3. The van der Waals surface area contributed by atoms with Crippen molar-refractivity contribution in [1.29, 1.82) is 0 Å². The standard InChI is InChI=1S/C24H32N2O6.ClH.K/c1-16(20(28)29)4-3-8-22(2)18-7-10-23(21(30)32-22)9-5-17(6-11-24(18,23)31)19(27)26-14-12-25-13-15-26;;/h3-5,8,18,25,31H,6-7,9-15H2,1-2H3,(H,28,29);1H;/q;;+1/p-1/b8-3+,16-4+;;/t18-,22+,23+,24-;;/m0../s1. The molecule has 2 saturated heterocycles. The normalized spacial score (nSPS) is 35.3. The van der Waals surface area contributed by atoms with Gasteiger partial charge in [0.2, 0.25) is 5.91 Å². The molecule has 4 rings (SSSR count). The number of piperazine rings is 1. The van der Waals surface area contributed by atoms with Gasteiger partial charge in [0.15, 0.2) is 0 Å². The van der Waals surface area contributed by atoms with Gasteiger partial charge in [0.1, 0.15) is 11.0 Å². The molecule has 10 heteroatoms. The zero-order chi connectivity index (χ0) is 23.1. The molecule has 4 aliphatic rings. The summed E-state index contributed by atoms with van der Waals surface area (Å²) in [5, 5.41) is 24.3. The molecule has 0 unspecified atom stereocenters. The summed E-state index contributed by atoms with van der Waals surface area (Å²) < 4.78 is 5.90. The number of halogens is 1. The van der Waals surface area contributed by atoms with E-state index in [9.17, 15) is 19.5 Å². The molecule has 3 N–H and O–H groups in total. The molecule has 0 spiro atoms. The number of rotatable bonds is 4. The van der Waals surface area contributed by atoms with Crippen molar-refractivity contribution >= 4 is 17.8 Å². The molecule has 0 aromatic rings. The van der Waals surface area contributed by atoms with Crippen LogP contribution >= 0.6 is 0 Å². The topological polar surface area (TPSA) is 116 Å². The monoisotopic (exact) mass is 518 g/mol. The maximum absolute atomic E-state index is 13.3. The van der Waals surface area contributed by atoms with E-state index in [1.165, 1.54) is 13.0 Å². The van der Waals surface area contributed by atoms with Gasteiger partial charge in [-0.05, 0) is 52.0 Å². The van der Waals surface area contributed by atoms with Crippen molar-refractivity contribution in [1.82, 2.24) is 10.2 Å². The number of carboxylic acid groups (broad SMARTS) is 1. The van der Waals surface area contributed by atoms with E-state index >= 15 is 0 Å². The van der Waals surface area contributed by atoms with Gasteiger partial charge in [0, 0.05) is 43.2 Å². The molecule has 182 valence electrons. The summed E-state index contributed by atoms with van der Waals surface area (Å²) in [5.74, 6) is -1.79. The summed E-state index contributed by atoms with van der Waals surface area (Å²) in [5.41, 5.74) is -2.53. The number of nitrogens with zero attached hydrogens (tertiary/aromatic N) is 1. The van der Waals surface area contributed by atoms with Crippen molar-refractivity contribution in [2.24, 2.45) is 11.3 Å². The Hall–Kier alpha value is -0.524. The van der Waals surface area contributed by atoms with Crippen LogP contribution in [0.4, 0.5) is 0 Å². The summed E-state index contributed by atoms with van der Waals surface area (Å²) >= 11 is 0. The third-order valence-electron chi connectivity index (χ3n) is 7.92. The summed E-state index contributed by atoms with van der Waals surface area (Å²) in [4.78, 5) is 39.2. The molecule has 34 heavy (non-hydrogen) atoms. The Kier molecular flexibility index (Phi) is 9.83. The van der Waals surface area contributed by atoms with E-state index < -0.39 is 28.6 Å². The van der Waals surface area contributed by atoms with E-state index in [1.54, 1.807) is 19.1 Å². The van der Waals surface area contributed by atoms with Crippen molar-refractivity contribution in [2.45, 2.75) is 57.2 Å². The Morgan fingerprint density at radius 3 is 2.59 bits per heavy atom. The average molecular weight is 519 g/mol. The second kappa shape index (κ2) is 11.3. The van der Waals surface area contributed by atoms with E-state index in [4.69, 9.17) is 9.84 Å². The molecule has 2 heterocycles. The molecule has 2 aliphatic heterocycles.